The maximum absolute atomic E-state index is 12.7. The van der Waals surface area contributed by atoms with Crippen LogP contribution in [0.4, 0.5) is 0 Å². The molecule has 4 heteroatoms. The van der Waals surface area contributed by atoms with E-state index in [-0.39, 0.29) is 17.9 Å². The highest BCUT2D eigenvalue weighted by molar-refractivity contribution is 5.90. The van der Waals surface area contributed by atoms with Crippen molar-refractivity contribution in [3.8, 4) is 0 Å². The van der Waals surface area contributed by atoms with Crippen molar-refractivity contribution < 1.29 is 9.59 Å². The maximum atomic E-state index is 12.7. The molecule has 1 atom stereocenters. The minimum absolute atomic E-state index is 0.126. The Hall–Kier alpha value is -1.84. The van der Waals surface area contributed by atoms with E-state index in [9.17, 15) is 9.59 Å². The van der Waals surface area contributed by atoms with Gasteiger partial charge in [0.2, 0.25) is 11.8 Å². The van der Waals surface area contributed by atoms with Gasteiger partial charge in [-0.15, -0.1) is 0 Å². The zero-order valence-electron chi connectivity index (χ0n) is 12.5. The third-order valence-corrected chi connectivity index (χ3v) is 4.51. The molecule has 0 N–H and O–H groups in total. The highest BCUT2D eigenvalue weighted by atomic mass is 16.2. The Labute approximate surface area is 125 Å². The molecule has 0 aliphatic carbocycles. The summed E-state index contributed by atoms with van der Waals surface area (Å²) in [5, 5.41) is 0. The SMILES string of the molecule is Cc1ccc(CN2CCC(=O)N3CCCCC3C2=O)cc1. The van der Waals surface area contributed by atoms with Crippen molar-refractivity contribution in [3.05, 3.63) is 35.4 Å². The largest absolute Gasteiger partial charge is 0.336 e. The smallest absolute Gasteiger partial charge is 0.245 e. The standard InChI is InChI=1S/C17H22N2O2/c1-13-5-7-14(8-6-13)12-18-11-9-16(20)19-10-3-2-4-15(19)17(18)21/h5-8,15H,2-4,9-12H2,1H3. The molecule has 2 aliphatic rings. The molecule has 4 nitrogen and oxygen atoms in total. The highest BCUT2D eigenvalue weighted by Crippen LogP contribution is 2.23. The van der Waals surface area contributed by atoms with E-state index in [4.69, 9.17) is 0 Å². The van der Waals surface area contributed by atoms with Gasteiger partial charge in [-0.05, 0) is 31.7 Å². The topological polar surface area (TPSA) is 40.6 Å². The Balaban J connectivity index is 1.77. The average molecular weight is 286 g/mol. The van der Waals surface area contributed by atoms with Crippen LogP contribution in [-0.4, -0.2) is 40.7 Å². The number of carbonyl (C=O) groups is 2. The lowest BCUT2D eigenvalue weighted by Crippen LogP contribution is -2.49. The zero-order valence-corrected chi connectivity index (χ0v) is 12.5. The molecular formula is C17H22N2O2. The normalized spacial score (nSPS) is 23.0. The van der Waals surface area contributed by atoms with Crippen molar-refractivity contribution in [1.82, 2.24) is 9.80 Å². The molecule has 21 heavy (non-hydrogen) atoms. The summed E-state index contributed by atoms with van der Waals surface area (Å²) in [5.41, 5.74) is 2.35. The van der Waals surface area contributed by atoms with E-state index < -0.39 is 0 Å². The monoisotopic (exact) mass is 286 g/mol. The van der Waals surface area contributed by atoms with Gasteiger partial charge in [0, 0.05) is 26.1 Å². The Morgan fingerprint density at radius 3 is 2.62 bits per heavy atom. The van der Waals surface area contributed by atoms with Gasteiger partial charge in [0.05, 0.1) is 0 Å². The number of hydrogen-bond donors (Lipinski definition) is 0. The number of carbonyl (C=O) groups excluding carboxylic acids is 2. The van der Waals surface area contributed by atoms with Crippen LogP contribution >= 0.6 is 0 Å². The van der Waals surface area contributed by atoms with Gasteiger partial charge < -0.3 is 9.80 Å². The summed E-state index contributed by atoms with van der Waals surface area (Å²) in [7, 11) is 0. The van der Waals surface area contributed by atoms with E-state index in [1.54, 1.807) is 4.90 Å². The van der Waals surface area contributed by atoms with Crippen molar-refractivity contribution in [1.29, 1.82) is 0 Å². The number of aryl methyl sites for hydroxylation is 1. The minimum atomic E-state index is -0.223. The van der Waals surface area contributed by atoms with Crippen molar-refractivity contribution in [2.24, 2.45) is 0 Å². The van der Waals surface area contributed by atoms with Gasteiger partial charge in [0.15, 0.2) is 0 Å². The lowest BCUT2D eigenvalue weighted by molar-refractivity contribution is -0.143. The van der Waals surface area contributed by atoms with Gasteiger partial charge in [0.25, 0.3) is 0 Å². The van der Waals surface area contributed by atoms with Crippen LogP contribution in [0.3, 0.4) is 0 Å². The van der Waals surface area contributed by atoms with Gasteiger partial charge in [0.1, 0.15) is 6.04 Å². The first-order valence-corrected chi connectivity index (χ1v) is 7.79. The second-order valence-corrected chi connectivity index (χ2v) is 6.09. The van der Waals surface area contributed by atoms with Gasteiger partial charge in [-0.1, -0.05) is 29.8 Å². The number of piperidine rings is 1. The molecule has 0 bridgehead atoms. The number of nitrogens with zero attached hydrogens (tertiary/aromatic N) is 2. The molecule has 112 valence electrons. The molecule has 2 fully saturated rings. The first-order valence-electron chi connectivity index (χ1n) is 7.79. The molecule has 2 saturated heterocycles. The van der Waals surface area contributed by atoms with Crippen LogP contribution in [-0.2, 0) is 16.1 Å². The summed E-state index contributed by atoms with van der Waals surface area (Å²) in [5.74, 6) is 0.264. The van der Waals surface area contributed by atoms with Crippen molar-refractivity contribution in [3.63, 3.8) is 0 Å². The number of hydrogen-bond acceptors (Lipinski definition) is 2. The zero-order chi connectivity index (χ0) is 14.8. The van der Waals surface area contributed by atoms with E-state index >= 15 is 0 Å². The molecule has 2 amide bonds. The van der Waals surface area contributed by atoms with Crippen LogP contribution < -0.4 is 0 Å². The van der Waals surface area contributed by atoms with Crippen LogP contribution in [0.1, 0.15) is 36.8 Å². The van der Waals surface area contributed by atoms with E-state index in [0.717, 1.165) is 31.4 Å². The van der Waals surface area contributed by atoms with E-state index in [0.29, 0.717) is 19.5 Å². The first kappa shape index (κ1) is 14.1. The first-order chi connectivity index (χ1) is 10.1. The molecule has 1 unspecified atom stereocenters. The molecular weight excluding hydrogens is 264 g/mol. The number of amides is 2. The van der Waals surface area contributed by atoms with Crippen molar-refractivity contribution in [2.45, 2.75) is 45.2 Å². The van der Waals surface area contributed by atoms with E-state index in [2.05, 4.69) is 31.2 Å². The predicted molar refractivity (Wildman–Crippen MR) is 80.6 cm³/mol. The van der Waals surface area contributed by atoms with Crippen molar-refractivity contribution >= 4 is 11.8 Å². The van der Waals surface area contributed by atoms with Gasteiger partial charge in [-0.2, -0.15) is 0 Å². The summed E-state index contributed by atoms with van der Waals surface area (Å²) in [6.07, 6.45) is 3.33. The second kappa shape index (κ2) is 5.88. The fraction of sp³-hybridized carbons (Fsp3) is 0.529. The van der Waals surface area contributed by atoms with Crippen LogP contribution in [0.25, 0.3) is 0 Å². The molecule has 0 radical (unpaired) electrons. The second-order valence-electron chi connectivity index (χ2n) is 6.09. The lowest BCUT2D eigenvalue weighted by Gasteiger charge is -2.34. The minimum Gasteiger partial charge on any atom is -0.336 e. The number of rotatable bonds is 2. The third kappa shape index (κ3) is 2.94. The summed E-state index contributed by atoms with van der Waals surface area (Å²) < 4.78 is 0. The Morgan fingerprint density at radius 1 is 1.10 bits per heavy atom. The molecule has 0 aromatic heterocycles. The third-order valence-electron chi connectivity index (χ3n) is 4.51. The Kier molecular flexibility index (Phi) is 3.95. The van der Waals surface area contributed by atoms with Crippen LogP contribution in [0.15, 0.2) is 24.3 Å². The van der Waals surface area contributed by atoms with Gasteiger partial charge >= 0.3 is 0 Å². The fourth-order valence-corrected chi connectivity index (χ4v) is 3.25. The summed E-state index contributed by atoms with van der Waals surface area (Å²) in [6, 6.07) is 8.03. The van der Waals surface area contributed by atoms with Crippen LogP contribution in [0.5, 0.6) is 0 Å². The lowest BCUT2D eigenvalue weighted by atomic mass is 10.0. The molecule has 2 heterocycles. The van der Waals surface area contributed by atoms with E-state index in [1.807, 2.05) is 4.90 Å². The number of benzene rings is 1. The summed E-state index contributed by atoms with van der Waals surface area (Å²) >= 11 is 0. The van der Waals surface area contributed by atoms with Crippen LogP contribution in [0, 0.1) is 6.92 Å². The average Bonchev–Trinajstić information content (AvgIpc) is 2.62. The Bertz CT molecular complexity index is 538. The number of fused-ring (bicyclic) bond motifs is 1. The molecule has 0 spiro atoms. The highest BCUT2D eigenvalue weighted by Gasteiger charge is 2.37. The van der Waals surface area contributed by atoms with Gasteiger partial charge in [-0.3, -0.25) is 9.59 Å². The Morgan fingerprint density at radius 2 is 1.86 bits per heavy atom. The quantitative estimate of drug-likeness (QED) is 0.835. The molecule has 1 aromatic carbocycles. The molecule has 0 saturated carbocycles. The fourth-order valence-electron chi connectivity index (χ4n) is 3.25. The van der Waals surface area contributed by atoms with Crippen molar-refractivity contribution in [2.75, 3.05) is 13.1 Å². The summed E-state index contributed by atoms with van der Waals surface area (Å²) in [6.45, 7) is 3.95. The summed E-state index contributed by atoms with van der Waals surface area (Å²) in [4.78, 5) is 28.6. The van der Waals surface area contributed by atoms with Crippen LogP contribution in [0.2, 0.25) is 0 Å². The molecule has 3 rings (SSSR count). The molecule has 2 aliphatic heterocycles. The maximum Gasteiger partial charge on any atom is 0.245 e. The predicted octanol–water partition coefficient (Wildman–Crippen LogP) is 2.11. The van der Waals surface area contributed by atoms with Gasteiger partial charge in [-0.25, -0.2) is 0 Å². The molecule has 1 aromatic rings. The van der Waals surface area contributed by atoms with E-state index in [1.165, 1.54) is 5.56 Å².